The molecule has 0 radical (unpaired) electrons. The first-order valence-electron chi connectivity index (χ1n) is 7.48. The van der Waals surface area contributed by atoms with Gasteiger partial charge < -0.3 is 19.5 Å². The van der Waals surface area contributed by atoms with Crippen LogP contribution in [0.1, 0.15) is 26.3 Å². The molecule has 0 aliphatic carbocycles. The van der Waals surface area contributed by atoms with Crippen molar-refractivity contribution in [1.82, 2.24) is 5.32 Å². The molecule has 1 fully saturated rings. The molecular weight excluding hydrogens is 284 g/mol. The van der Waals surface area contributed by atoms with E-state index in [2.05, 4.69) is 10.6 Å². The van der Waals surface area contributed by atoms with Crippen molar-refractivity contribution in [1.29, 1.82) is 0 Å². The molecule has 6 heteroatoms. The summed E-state index contributed by atoms with van der Waals surface area (Å²) in [7, 11) is 0. The number of morpholine rings is 1. The van der Waals surface area contributed by atoms with Crippen LogP contribution in [-0.4, -0.2) is 38.1 Å². The van der Waals surface area contributed by atoms with Gasteiger partial charge in [-0.3, -0.25) is 5.32 Å². The monoisotopic (exact) mass is 306 g/mol. The fourth-order valence-corrected chi connectivity index (χ4v) is 2.73. The molecule has 2 N–H and O–H groups in total. The maximum atomic E-state index is 11.9. The Labute approximate surface area is 130 Å². The molecule has 6 nitrogen and oxygen atoms in total. The zero-order valence-corrected chi connectivity index (χ0v) is 13.2. The molecule has 1 spiro atoms. The van der Waals surface area contributed by atoms with Crippen LogP contribution in [0.3, 0.4) is 0 Å². The standard InChI is InChI=1S/C16H22N2O4/c1-15(2,3)22-14(19)18-11-4-5-13-12(8-11)16(10-21-13)9-20-7-6-17-16/h4-5,8,17H,6-7,9-10H2,1-3H3,(H,18,19)/t16-/m0/s1. The maximum Gasteiger partial charge on any atom is 0.412 e. The van der Waals surface area contributed by atoms with Gasteiger partial charge in [0.1, 0.15) is 23.5 Å². The number of ether oxygens (including phenoxy) is 3. The second-order valence-corrected chi connectivity index (χ2v) is 6.69. The Bertz CT molecular complexity index is 568. The molecule has 3 rings (SSSR count). The van der Waals surface area contributed by atoms with Gasteiger partial charge in [-0.15, -0.1) is 0 Å². The van der Waals surface area contributed by atoms with Crippen LogP contribution in [-0.2, 0) is 15.0 Å². The number of carbonyl (C=O) groups is 1. The van der Waals surface area contributed by atoms with Crippen LogP contribution in [0.4, 0.5) is 10.5 Å². The Balaban J connectivity index is 1.79. The molecule has 120 valence electrons. The molecule has 1 saturated heterocycles. The van der Waals surface area contributed by atoms with Crippen molar-refractivity contribution in [2.75, 3.05) is 31.7 Å². The Kier molecular flexibility index (Phi) is 3.74. The van der Waals surface area contributed by atoms with Crippen molar-refractivity contribution in [3.05, 3.63) is 23.8 Å². The highest BCUT2D eigenvalue weighted by Crippen LogP contribution is 2.39. The summed E-state index contributed by atoms with van der Waals surface area (Å²) < 4.78 is 16.6. The summed E-state index contributed by atoms with van der Waals surface area (Å²) in [5.74, 6) is 0.827. The minimum atomic E-state index is -0.524. The number of rotatable bonds is 1. The average molecular weight is 306 g/mol. The van der Waals surface area contributed by atoms with Crippen LogP contribution < -0.4 is 15.4 Å². The molecule has 0 aromatic heterocycles. The van der Waals surface area contributed by atoms with Gasteiger partial charge in [-0.2, -0.15) is 0 Å². The molecule has 2 heterocycles. The molecule has 1 amide bonds. The highest BCUT2D eigenvalue weighted by atomic mass is 16.6. The summed E-state index contributed by atoms with van der Waals surface area (Å²) in [5, 5.41) is 6.24. The molecule has 1 aromatic rings. The first-order chi connectivity index (χ1) is 10.4. The number of hydrogen-bond donors (Lipinski definition) is 2. The highest BCUT2D eigenvalue weighted by molar-refractivity contribution is 5.85. The van der Waals surface area contributed by atoms with Gasteiger partial charge in [-0.05, 0) is 39.0 Å². The van der Waals surface area contributed by atoms with E-state index in [0.29, 0.717) is 25.5 Å². The summed E-state index contributed by atoms with van der Waals surface area (Å²) in [6.07, 6.45) is -0.465. The van der Waals surface area contributed by atoms with Crippen LogP contribution in [0.25, 0.3) is 0 Å². The van der Waals surface area contributed by atoms with Crippen molar-refractivity contribution in [3.8, 4) is 5.75 Å². The zero-order chi connectivity index (χ0) is 15.8. The van der Waals surface area contributed by atoms with Gasteiger partial charge in [0.15, 0.2) is 0 Å². The minimum absolute atomic E-state index is 0.320. The lowest BCUT2D eigenvalue weighted by Gasteiger charge is -2.33. The quantitative estimate of drug-likeness (QED) is 0.833. The molecule has 1 aromatic carbocycles. The van der Waals surface area contributed by atoms with Gasteiger partial charge >= 0.3 is 6.09 Å². The first-order valence-corrected chi connectivity index (χ1v) is 7.48. The predicted molar refractivity (Wildman–Crippen MR) is 82.3 cm³/mol. The van der Waals surface area contributed by atoms with E-state index in [1.165, 1.54) is 0 Å². The Morgan fingerprint density at radius 2 is 2.18 bits per heavy atom. The Morgan fingerprint density at radius 1 is 1.36 bits per heavy atom. The third-order valence-corrected chi connectivity index (χ3v) is 3.67. The van der Waals surface area contributed by atoms with E-state index in [9.17, 15) is 4.79 Å². The van der Waals surface area contributed by atoms with Gasteiger partial charge in [0, 0.05) is 17.8 Å². The van der Waals surface area contributed by atoms with Crippen LogP contribution in [0.2, 0.25) is 0 Å². The van der Waals surface area contributed by atoms with Gasteiger partial charge in [0.25, 0.3) is 0 Å². The fourth-order valence-electron chi connectivity index (χ4n) is 2.73. The summed E-state index contributed by atoms with van der Waals surface area (Å²) in [5.41, 5.74) is 0.856. The molecule has 0 bridgehead atoms. The van der Waals surface area contributed by atoms with Crippen molar-refractivity contribution in [2.45, 2.75) is 31.9 Å². The van der Waals surface area contributed by atoms with E-state index in [1.54, 1.807) is 0 Å². The van der Waals surface area contributed by atoms with E-state index < -0.39 is 11.7 Å². The van der Waals surface area contributed by atoms with E-state index >= 15 is 0 Å². The molecule has 0 unspecified atom stereocenters. The minimum Gasteiger partial charge on any atom is -0.491 e. The summed E-state index contributed by atoms with van der Waals surface area (Å²) in [6.45, 7) is 8.09. The second-order valence-electron chi connectivity index (χ2n) is 6.69. The van der Waals surface area contributed by atoms with E-state index in [1.807, 2.05) is 39.0 Å². The van der Waals surface area contributed by atoms with Crippen LogP contribution >= 0.6 is 0 Å². The second kappa shape index (κ2) is 5.44. The summed E-state index contributed by atoms with van der Waals surface area (Å²) >= 11 is 0. The number of nitrogens with one attached hydrogen (secondary N) is 2. The molecule has 2 aliphatic heterocycles. The fraction of sp³-hybridized carbons (Fsp3) is 0.562. The number of fused-ring (bicyclic) bond motifs is 2. The first kappa shape index (κ1) is 15.1. The normalized spacial score (nSPS) is 23.8. The summed E-state index contributed by atoms with van der Waals surface area (Å²) in [6, 6.07) is 5.60. The predicted octanol–water partition coefficient (Wildman–Crippen LogP) is 2.24. The molecular formula is C16H22N2O4. The lowest BCUT2D eigenvalue weighted by molar-refractivity contribution is 0.0160. The largest absolute Gasteiger partial charge is 0.491 e. The third kappa shape index (κ3) is 3.03. The SMILES string of the molecule is CC(C)(C)OC(=O)Nc1ccc2c(c1)[C@]1(COCCN1)CO2. The highest BCUT2D eigenvalue weighted by Gasteiger charge is 2.42. The lowest BCUT2D eigenvalue weighted by atomic mass is 9.91. The average Bonchev–Trinajstić information content (AvgIpc) is 2.76. The van der Waals surface area contributed by atoms with Crippen molar-refractivity contribution in [3.63, 3.8) is 0 Å². The topological polar surface area (TPSA) is 68.8 Å². The van der Waals surface area contributed by atoms with E-state index in [0.717, 1.165) is 17.9 Å². The third-order valence-electron chi connectivity index (χ3n) is 3.67. The summed E-state index contributed by atoms with van der Waals surface area (Å²) in [4.78, 5) is 11.9. The lowest BCUT2D eigenvalue weighted by Crippen LogP contribution is -2.52. The van der Waals surface area contributed by atoms with Gasteiger partial charge in [0.2, 0.25) is 0 Å². The van der Waals surface area contributed by atoms with Crippen molar-refractivity contribution < 1.29 is 19.0 Å². The maximum absolute atomic E-state index is 11.9. The van der Waals surface area contributed by atoms with E-state index in [4.69, 9.17) is 14.2 Å². The van der Waals surface area contributed by atoms with Gasteiger partial charge in [-0.1, -0.05) is 0 Å². The zero-order valence-electron chi connectivity index (χ0n) is 13.2. The van der Waals surface area contributed by atoms with Crippen LogP contribution in [0, 0.1) is 0 Å². The molecule has 0 saturated carbocycles. The molecule has 1 atom stereocenters. The smallest absolute Gasteiger partial charge is 0.412 e. The van der Waals surface area contributed by atoms with Crippen molar-refractivity contribution >= 4 is 11.8 Å². The number of carbonyl (C=O) groups excluding carboxylic acids is 1. The van der Waals surface area contributed by atoms with E-state index in [-0.39, 0.29) is 5.54 Å². The number of benzene rings is 1. The molecule has 22 heavy (non-hydrogen) atoms. The van der Waals surface area contributed by atoms with Gasteiger partial charge in [0.05, 0.1) is 13.2 Å². The number of hydrogen-bond acceptors (Lipinski definition) is 5. The Morgan fingerprint density at radius 3 is 2.86 bits per heavy atom. The number of amides is 1. The van der Waals surface area contributed by atoms with Gasteiger partial charge in [-0.25, -0.2) is 4.79 Å². The van der Waals surface area contributed by atoms with Crippen LogP contribution in [0.5, 0.6) is 5.75 Å². The van der Waals surface area contributed by atoms with Crippen LogP contribution in [0.15, 0.2) is 18.2 Å². The molecule has 2 aliphatic rings. The Hall–Kier alpha value is -1.79. The van der Waals surface area contributed by atoms with Crippen molar-refractivity contribution in [2.24, 2.45) is 0 Å². The number of anilines is 1.